The molecule has 0 spiro atoms. The van der Waals surface area contributed by atoms with E-state index in [2.05, 4.69) is 0 Å². The molecule has 0 fully saturated rings. The van der Waals surface area contributed by atoms with Gasteiger partial charge in [0.05, 0.1) is 17.7 Å². The summed E-state index contributed by atoms with van der Waals surface area (Å²) >= 11 is 0. The van der Waals surface area contributed by atoms with Crippen LogP contribution in [0.3, 0.4) is 0 Å². The van der Waals surface area contributed by atoms with E-state index in [1.54, 1.807) is 24.3 Å². The Morgan fingerprint density at radius 2 is 1.74 bits per heavy atom. The lowest BCUT2D eigenvalue weighted by atomic mass is 10.1. The normalized spacial score (nSPS) is 17.8. The molecule has 0 aliphatic carbocycles. The maximum atomic E-state index is 12.4. The SMILES string of the molecule is O=C1c2ccccc2C(=O)[N+]1(O)CCc1ccc2c(c1)CCO2. The molecule has 0 saturated heterocycles. The van der Waals surface area contributed by atoms with E-state index in [0.29, 0.717) is 24.2 Å². The van der Waals surface area contributed by atoms with Crippen LogP contribution in [0.4, 0.5) is 0 Å². The van der Waals surface area contributed by atoms with Crippen molar-refractivity contribution in [2.45, 2.75) is 12.8 Å². The molecular formula is C18H16NO4+. The highest BCUT2D eigenvalue weighted by molar-refractivity contribution is 6.13. The van der Waals surface area contributed by atoms with Gasteiger partial charge in [0.1, 0.15) is 12.3 Å². The smallest absolute Gasteiger partial charge is 0.386 e. The average molecular weight is 310 g/mol. The zero-order valence-corrected chi connectivity index (χ0v) is 12.5. The van der Waals surface area contributed by atoms with Crippen molar-refractivity contribution in [3.63, 3.8) is 0 Å². The predicted octanol–water partition coefficient (Wildman–Crippen LogP) is 2.36. The second kappa shape index (κ2) is 5.01. The van der Waals surface area contributed by atoms with E-state index in [-0.39, 0.29) is 6.54 Å². The number of quaternary nitrogens is 1. The Hall–Kier alpha value is -2.50. The fourth-order valence-electron chi connectivity index (χ4n) is 3.24. The molecule has 4 rings (SSSR count). The third kappa shape index (κ3) is 2.09. The summed E-state index contributed by atoms with van der Waals surface area (Å²) in [6.07, 6.45) is 1.31. The third-order valence-corrected chi connectivity index (χ3v) is 4.54. The maximum absolute atomic E-state index is 12.4. The first kappa shape index (κ1) is 14.1. The summed E-state index contributed by atoms with van der Waals surface area (Å²) in [5.74, 6) is -0.201. The summed E-state index contributed by atoms with van der Waals surface area (Å²) in [6.45, 7) is 0.719. The van der Waals surface area contributed by atoms with Crippen molar-refractivity contribution in [3.05, 3.63) is 64.7 Å². The average Bonchev–Trinajstić information content (AvgIpc) is 3.12. The van der Waals surface area contributed by atoms with Gasteiger partial charge in [0.2, 0.25) is 0 Å². The van der Waals surface area contributed by atoms with Crippen molar-refractivity contribution >= 4 is 11.8 Å². The number of imide groups is 1. The summed E-state index contributed by atoms with van der Waals surface area (Å²) < 4.78 is 4.29. The van der Waals surface area contributed by atoms with Crippen molar-refractivity contribution in [3.8, 4) is 5.75 Å². The highest BCUT2D eigenvalue weighted by Gasteiger charge is 2.53. The van der Waals surface area contributed by atoms with E-state index in [1.165, 1.54) is 0 Å². The Bertz CT molecular complexity index is 793. The van der Waals surface area contributed by atoms with Crippen molar-refractivity contribution in [1.82, 2.24) is 0 Å². The van der Waals surface area contributed by atoms with Gasteiger partial charge in [-0.2, -0.15) is 0 Å². The Labute approximate surface area is 133 Å². The lowest BCUT2D eigenvalue weighted by molar-refractivity contribution is -0.965. The second-order valence-corrected chi connectivity index (χ2v) is 5.94. The van der Waals surface area contributed by atoms with Crippen molar-refractivity contribution in [2.24, 2.45) is 0 Å². The van der Waals surface area contributed by atoms with Gasteiger partial charge < -0.3 is 4.74 Å². The van der Waals surface area contributed by atoms with E-state index in [1.807, 2.05) is 18.2 Å². The molecule has 0 radical (unpaired) electrons. The predicted molar refractivity (Wildman–Crippen MR) is 81.4 cm³/mol. The monoisotopic (exact) mass is 310 g/mol. The largest absolute Gasteiger partial charge is 0.493 e. The van der Waals surface area contributed by atoms with Crippen LogP contribution in [0.15, 0.2) is 42.5 Å². The van der Waals surface area contributed by atoms with Crippen LogP contribution < -0.4 is 4.74 Å². The van der Waals surface area contributed by atoms with Crippen molar-refractivity contribution < 1.29 is 24.2 Å². The molecule has 2 amide bonds. The van der Waals surface area contributed by atoms with Gasteiger partial charge in [-0.3, -0.25) is 0 Å². The van der Waals surface area contributed by atoms with E-state index >= 15 is 0 Å². The Morgan fingerprint density at radius 3 is 2.43 bits per heavy atom. The van der Waals surface area contributed by atoms with Gasteiger partial charge in [0.25, 0.3) is 0 Å². The molecular weight excluding hydrogens is 294 g/mol. The minimum atomic E-state index is -1.17. The van der Waals surface area contributed by atoms with Gasteiger partial charge in [-0.05, 0) is 34.0 Å². The van der Waals surface area contributed by atoms with E-state index < -0.39 is 16.5 Å². The molecule has 2 aliphatic rings. The van der Waals surface area contributed by atoms with Crippen LogP contribution in [-0.4, -0.2) is 34.8 Å². The molecule has 2 aromatic carbocycles. The minimum absolute atomic E-state index is 0.0337. The number of benzene rings is 2. The second-order valence-electron chi connectivity index (χ2n) is 5.94. The van der Waals surface area contributed by atoms with E-state index in [4.69, 9.17) is 4.74 Å². The Morgan fingerprint density at radius 1 is 1.04 bits per heavy atom. The third-order valence-electron chi connectivity index (χ3n) is 4.54. The van der Waals surface area contributed by atoms with Crippen LogP contribution in [0.1, 0.15) is 31.8 Å². The number of carbonyl (C=O) groups excluding carboxylic acids is 2. The number of ether oxygens (including phenoxy) is 1. The zero-order valence-electron chi connectivity index (χ0n) is 12.5. The molecule has 116 valence electrons. The fourth-order valence-corrected chi connectivity index (χ4v) is 3.24. The molecule has 1 N–H and O–H groups in total. The maximum Gasteiger partial charge on any atom is 0.386 e. The summed E-state index contributed by atoms with van der Waals surface area (Å²) in [4.78, 5) is 24.8. The van der Waals surface area contributed by atoms with Crippen LogP contribution in [0.25, 0.3) is 0 Å². The van der Waals surface area contributed by atoms with Crippen LogP contribution in [0.5, 0.6) is 5.75 Å². The molecule has 0 unspecified atom stereocenters. The number of hydrogen-bond acceptors (Lipinski definition) is 4. The number of fused-ring (bicyclic) bond motifs is 2. The summed E-state index contributed by atoms with van der Waals surface area (Å²) in [6, 6.07) is 12.4. The topological polar surface area (TPSA) is 63.6 Å². The van der Waals surface area contributed by atoms with E-state index in [0.717, 1.165) is 23.3 Å². The van der Waals surface area contributed by atoms with Gasteiger partial charge in [-0.1, -0.05) is 24.3 Å². The summed E-state index contributed by atoms with van der Waals surface area (Å²) in [5, 5.41) is 10.6. The van der Waals surface area contributed by atoms with Gasteiger partial charge in [0, 0.05) is 12.8 Å². The molecule has 0 aromatic heterocycles. The number of nitrogens with zero attached hydrogens (tertiary/aromatic N) is 1. The first-order valence-corrected chi connectivity index (χ1v) is 7.64. The molecule has 2 aromatic rings. The molecule has 0 atom stereocenters. The zero-order chi connectivity index (χ0) is 16.0. The highest BCUT2D eigenvalue weighted by Crippen LogP contribution is 2.30. The number of hydroxylamine groups is 3. The fraction of sp³-hybridized carbons (Fsp3) is 0.222. The Kier molecular flexibility index (Phi) is 3.07. The van der Waals surface area contributed by atoms with Gasteiger partial charge >= 0.3 is 11.8 Å². The van der Waals surface area contributed by atoms with Crippen LogP contribution in [0.2, 0.25) is 0 Å². The molecule has 2 heterocycles. The lowest BCUT2D eigenvalue weighted by Crippen LogP contribution is -2.51. The summed E-state index contributed by atoms with van der Waals surface area (Å²) in [5.41, 5.74) is 2.71. The lowest BCUT2D eigenvalue weighted by Gasteiger charge is -2.19. The number of hydrogen-bond donors (Lipinski definition) is 1. The number of carbonyl (C=O) groups is 2. The molecule has 23 heavy (non-hydrogen) atoms. The van der Waals surface area contributed by atoms with E-state index in [9.17, 15) is 14.8 Å². The van der Waals surface area contributed by atoms with Crippen molar-refractivity contribution in [2.75, 3.05) is 13.2 Å². The quantitative estimate of drug-likeness (QED) is 0.537. The van der Waals surface area contributed by atoms with Gasteiger partial charge in [-0.15, -0.1) is 0 Å². The first-order chi connectivity index (χ1) is 11.1. The highest BCUT2D eigenvalue weighted by atomic mass is 16.6. The molecule has 0 saturated carbocycles. The van der Waals surface area contributed by atoms with Gasteiger partial charge in [0.15, 0.2) is 0 Å². The Balaban J connectivity index is 1.57. The van der Waals surface area contributed by atoms with Crippen molar-refractivity contribution in [1.29, 1.82) is 0 Å². The van der Waals surface area contributed by atoms with Crippen LogP contribution in [0, 0.1) is 0 Å². The number of amides is 2. The first-order valence-electron chi connectivity index (χ1n) is 7.64. The minimum Gasteiger partial charge on any atom is -0.493 e. The molecule has 5 nitrogen and oxygen atoms in total. The van der Waals surface area contributed by atoms with Gasteiger partial charge in [-0.25, -0.2) is 14.8 Å². The number of rotatable bonds is 3. The summed E-state index contributed by atoms with van der Waals surface area (Å²) in [7, 11) is 0. The van der Waals surface area contributed by atoms with Crippen LogP contribution >= 0.6 is 0 Å². The van der Waals surface area contributed by atoms with Crippen LogP contribution in [-0.2, 0) is 12.8 Å². The molecule has 2 aliphatic heterocycles. The standard InChI is InChI=1S/C18H16NO4/c20-17-14-3-1-2-4-15(14)18(21)19(17,22)9-7-12-5-6-16-13(11-12)8-10-23-16/h1-6,11,22H,7-10H2/q+1. The molecule has 5 heteroatoms. The molecule has 0 bridgehead atoms.